The minimum Gasteiger partial charge on any atom is -0.494 e. The number of nitrogens with zero attached hydrogens (tertiary/aromatic N) is 3. The maximum absolute atomic E-state index is 8.87. The van der Waals surface area contributed by atoms with Crippen LogP contribution in [0.5, 0.6) is 5.75 Å². The minimum absolute atomic E-state index is 0.197. The van der Waals surface area contributed by atoms with Crippen LogP contribution in [0.25, 0.3) is 0 Å². The first-order valence-corrected chi connectivity index (χ1v) is 7.90. The molecule has 5 nitrogen and oxygen atoms in total. The van der Waals surface area contributed by atoms with Gasteiger partial charge in [0.05, 0.1) is 18.0 Å². The van der Waals surface area contributed by atoms with Crippen LogP contribution in [0.2, 0.25) is 0 Å². The fourth-order valence-electron chi connectivity index (χ4n) is 2.27. The molecule has 0 aliphatic carbocycles. The van der Waals surface area contributed by atoms with E-state index in [0.717, 1.165) is 49.4 Å². The molecule has 0 fully saturated rings. The number of benzene rings is 1. The number of hydrogen-bond donors (Lipinski definition) is 1. The summed E-state index contributed by atoms with van der Waals surface area (Å²) in [5.74, 6) is 0.925. The molecule has 5 heteroatoms. The summed E-state index contributed by atoms with van der Waals surface area (Å²) in [6.07, 6.45) is 3.53. The molecule has 0 aliphatic rings. The molecule has 0 spiro atoms. The lowest BCUT2D eigenvalue weighted by molar-refractivity contribution is 0.288. The van der Waals surface area contributed by atoms with Crippen molar-refractivity contribution in [3.05, 3.63) is 41.2 Å². The average molecular weight is 303 g/mol. The molecule has 120 valence electrons. The number of unbranched alkanes of at least 4 members (excludes halogenated alkanes) is 1. The third-order valence-electron chi connectivity index (χ3n) is 3.70. The molecule has 1 aromatic carbocycles. The predicted octanol–water partition coefficient (Wildman–Crippen LogP) is 2.68. The van der Waals surface area contributed by atoms with E-state index >= 15 is 0 Å². The van der Waals surface area contributed by atoms with Gasteiger partial charge in [-0.1, -0.05) is 22.9 Å². The molecule has 0 saturated heterocycles. The molecule has 0 amide bonds. The summed E-state index contributed by atoms with van der Waals surface area (Å²) in [7, 11) is 0. The van der Waals surface area contributed by atoms with Crippen LogP contribution >= 0.6 is 0 Å². The molecule has 1 N–H and O–H groups in total. The molecule has 2 rings (SSSR count). The largest absolute Gasteiger partial charge is 0.494 e. The monoisotopic (exact) mass is 303 g/mol. The number of ether oxygens (including phenoxy) is 1. The quantitative estimate of drug-likeness (QED) is 0.724. The van der Waals surface area contributed by atoms with E-state index in [1.807, 2.05) is 23.7 Å². The maximum atomic E-state index is 8.87. The predicted molar refractivity (Wildman–Crippen MR) is 86.1 cm³/mol. The number of aromatic nitrogens is 3. The Labute approximate surface area is 131 Å². The Kier molecular flexibility index (Phi) is 6.40. The standard InChI is InChI=1S/C17H25N3O2/c1-14-7-9-16(10-8-14)22-13-4-3-11-20-15(2)17(18-19-20)6-5-12-21/h7-10,21H,3-6,11-13H2,1-2H3. The normalized spacial score (nSPS) is 10.9. The van der Waals surface area contributed by atoms with Gasteiger partial charge in [0.15, 0.2) is 0 Å². The second kappa shape index (κ2) is 8.54. The lowest BCUT2D eigenvalue weighted by Crippen LogP contribution is -2.05. The van der Waals surface area contributed by atoms with E-state index in [2.05, 4.69) is 29.4 Å². The maximum Gasteiger partial charge on any atom is 0.119 e. The molecule has 1 heterocycles. The van der Waals surface area contributed by atoms with E-state index < -0.39 is 0 Å². The summed E-state index contributed by atoms with van der Waals surface area (Å²) in [4.78, 5) is 0. The number of aliphatic hydroxyl groups is 1. The van der Waals surface area contributed by atoms with Crippen LogP contribution < -0.4 is 4.74 Å². The van der Waals surface area contributed by atoms with Crippen molar-refractivity contribution in [2.24, 2.45) is 0 Å². The van der Waals surface area contributed by atoms with E-state index in [0.29, 0.717) is 6.61 Å². The number of aliphatic hydroxyl groups excluding tert-OH is 1. The Bertz CT molecular complexity index is 564. The van der Waals surface area contributed by atoms with Crippen LogP contribution in [0, 0.1) is 13.8 Å². The summed E-state index contributed by atoms with van der Waals surface area (Å²) < 4.78 is 7.66. The second-order valence-corrected chi connectivity index (χ2v) is 5.54. The van der Waals surface area contributed by atoms with Crippen LogP contribution in [0.4, 0.5) is 0 Å². The van der Waals surface area contributed by atoms with Crippen LogP contribution in [0.1, 0.15) is 36.2 Å². The van der Waals surface area contributed by atoms with Gasteiger partial charge in [0.2, 0.25) is 0 Å². The summed E-state index contributed by atoms with van der Waals surface area (Å²) in [6.45, 7) is 5.88. The van der Waals surface area contributed by atoms with Gasteiger partial charge in [0, 0.05) is 13.2 Å². The Hall–Kier alpha value is -1.88. The smallest absolute Gasteiger partial charge is 0.119 e. The van der Waals surface area contributed by atoms with Crippen LogP contribution in [-0.4, -0.2) is 33.3 Å². The Morgan fingerprint density at radius 3 is 2.59 bits per heavy atom. The SMILES string of the molecule is Cc1ccc(OCCCCn2nnc(CCCO)c2C)cc1. The van der Waals surface area contributed by atoms with E-state index in [4.69, 9.17) is 9.84 Å². The molecule has 0 atom stereocenters. The zero-order valence-corrected chi connectivity index (χ0v) is 13.5. The van der Waals surface area contributed by atoms with Crippen LogP contribution in [0.15, 0.2) is 24.3 Å². The van der Waals surface area contributed by atoms with E-state index in [1.165, 1.54) is 5.56 Å². The van der Waals surface area contributed by atoms with Gasteiger partial charge in [0.1, 0.15) is 5.75 Å². The molecule has 0 saturated carbocycles. The van der Waals surface area contributed by atoms with Crippen molar-refractivity contribution < 1.29 is 9.84 Å². The van der Waals surface area contributed by atoms with Gasteiger partial charge < -0.3 is 9.84 Å². The summed E-state index contributed by atoms with van der Waals surface area (Å²) in [5, 5.41) is 17.2. The van der Waals surface area contributed by atoms with E-state index in [9.17, 15) is 0 Å². The van der Waals surface area contributed by atoms with Crippen molar-refractivity contribution >= 4 is 0 Å². The lowest BCUT2D eigenvalue weighted by Gasteiger charge is -2.07. The minimum atomic E-state index is 0.197. The molecular weight excluding hydrogens is 278 g/mol. The van der Waals surface area contributed by atoms with Gasteiger partial charge in [-0.2, -0.15) is 0 Å². The van der Waals surface area contributed by atoms with Gasteiger partial charge in [-0.15, -0.1) is 5.10 Å². The van der Waals surface area contributed by atoms with Crippen molar-refractivity contribution in [2.75, 3.05) is 13.2 Å². The molecule has 2 aromatic rings. The van der Waals surface area contributed by atoms with Gasteiger partial charge in [-0.3, -0.25) is 0 Å². The molecule has 0 unspecified atom stereocenters. The zero-order chi connectivity index (χ0) is 15.8. The van der Waals surface area contributed by atoms with Gasteiger partial charge in [-0.25, -0.2) is 4.68 Å². The van der Waals surface area contributed by atoms with E-state index in [-0.39, 0.29) is 6.61 Å². The highest BCUT2D eigenvalue weighted by Crippen LogP contribution is 2.12. The van der Waals surface area contributed by atoms with Gasteiger partial charge in [0.25, 0.3) is 0 Å². The average Bonchev–Trinajstić information content (AvgIpc) is 2.87. The van der Waals surface area contributed by atoms with Gasteiger partial charge in [-0.05, 0) is 51.7 Å². The fraction of sp³-hybridized carbons (Fsp3) is 0.529. The fourth-order valence-corrected chi connectivity index (χ4v) is 2.27. The molecule has 0 radical (unpaired) electrons. The number of rotatable bonds is 9. The topological polar surface area (TPSA) is 60.2 Å². The third-order valence-corrected chi connectivity index (χ3v) is 3.70. The molecule has 22 heavy (non-hydrogen) atoms. The first-order chi connectivity index (χ1) is 10.7. The Balaban J connectivity index is 1.68. The van der Waals surface area contributed by atoms with Crippen LogP contribution in [-0.2, 0) is 13.0 Å². The summed E-state index contributed by atoms with van der Waals surface area (Å²) >= 11 is 0. The van der Waals surface area contributed by atoms with Crippen LogP contribution in [0.3, 0.4) is 0 Å². The third kappa shape index (κ3) is 4.84. The van der Waals surface area contributed by atoms with Crippen molar-refractivity contribution in [1.29, 1.82) is 0 Å². The zero-order valence-electron chi connectivity index (χ0n) is 13.5. The number of aryl methyl sites for hydroxylation is 3. The first-order valence-electron chi connectivity index (χ1n) is 7.90. The molecule has 0 bridgehead atoms. The Morgan fingerprint density at radius 1 is 1.09 bits per heavy atom. The highest BCUT2D eigenvalue weighted by molar-refractivity contribution is 5.26. The molecule has 1 aromatic heterocycles. The summed E-state index contributed by atoms with van der Waals surface area (Å²) in [6, 6.07) is 8.12. The molecular formula is C17H25N3O2. The highest BCUT2D eigenvalue weighted by Gasteiger charge is 2.07. The second-order valence-electron chi connectivity index (χ2n) is 5.54. The highest BCUT2D eigenvalue weighted by atomic mass is 16.5. The Morgan fingerprint density at radius 2 is 1.86 bits per heavy atom. The van der Waals surface area contributed by atoms with E-state index in [1.54, 1.807) is 0 Å². The lowest BCUT2D eigenvalue weighted by atomic mass is 10.2. The van der Waals surface area contributed by atoms with Gasteiger partial charge >= 0.3 is 0 Å². The van der Waals surface area contributed by atoms with Crippen molar-refractivity contribution in [3.8, 4) is 5.75 Å². The number of hydrogen-bond acceptors (Lipinski definition) is 4. The van der Waals surface area contributed by atoms with Crippen molar-refractivity contribution in [1.82, 2.24) is 15.0 Å². The van der Waals surface area contributed by atoms with Crippen molar-refractivity contribution in [3.63, 3.8) is 0 Å². The first kappa shape index (κ1) is 16.5. The summed E-state index contributed by atoms with van der Waals surface area (Å²) in [5.41, 5.74) is 3.34. The molecule has 0 aliphatic heterocycles. The van der Waals surface area contributed by atoms with Crippen molar-refractivity contribution in [2.45, 2.75) is 46.1 Å².